The number of aromatic nitrogens is 1. The lowest BCUT2D eigenvalue weighted by atomic mass is 10.2. The monoisotopic (exact) mass is 328 g/mol. The number of para-hydroxylation sites is 1. The Morgan fingerprint density at radius 2 is 1.61 bits per heavy atom. The van der Waals surface area contributed by atoms with Crippen molar-refractivity contribution in [1.29, 1.82) is 0 Å². The van der Waals surface area contributed by atoms with Crippen LogP contribution < -0.4 is 14.8 Å². The molecule has 0 fully saturated rings. The van der Waals surface area contributed by atoms with Gasteiger partial charge in [-0.05, 0) is 30.7 Å². The number of fused-ring (bicyclic) bond motifs is 1. The quantitative estimate of drug-likeness (QED) is 0.570. The van der Waals surface area contributed by atoms with Gasteiger partial charge in [0.15, 0.2) is 0 Å². The molecule has 23 heavy (non-hydrogen) atoms. The van der Waals surface area contributed by atoms with Crippen molar-refractivity contribution in [2.24, 2.45) is 7.05 Å². The molecule has 3 rings (SSSR count). The average Bonchev–Trinajstić information content (AvgIpc) is 2.55. The fourth-order valence-electron chi connectivity index (χ4n) is 2.50. The predicted molar refractivity (Wildman–Crippen MR) is 90.2 cm³/mol. The van der Waals surface area contributed by atoms with Crippen molar-refractivity contribution < 1.29 is 13.0 Å². The molecule has 0 aliphatic carbocycles. The number of anilines is 1. The van der Waals surface area contributed by atoms with E-state index in [4.69, 9.17) is 0 Å². The standard InChI is InChI=1S/C17H17N3O2S/c1-13-7-3-6-10-16(13)23(21,22)19-18-17-12-11-14-8-4-5-9-15(14)20(17)2/h3-12,19H,1-2H3/p+1. The molecule has 0 atom stereocenters. The van der Waals surface area contributed by atoms with Crippen LogP contribution in [0.1, 0.15) is 5.56 Å². The number of hydrogen-bond acceptors (Lipinski definition) is 3. The molecule has 0 saturated heterocycles. The first-order chi connectivity index (χ1) is 11.0. The van der Waals surface area contributed by atoms with E-state index in [-0.39, 0.29) is 4.90 Å². The maximum atomic E-state index is 12.4. The largest absolute Gasteiger partial charge is 0.293 e. The van der Waals surface area contributed by atoms with E-state index in [9.17, 15) is 8.42 Å². The minimum absolute atomic E-state index is 0.260. The third-order valence-corrected chi connectivity index (χ3v) is 5.18. The molecule has 1 heterocycles. The Balaban J connectivity index is 1.89. The van der Waals surface area contributed by atoms with Gasteiger partial charge in [0.05, 0.1) is 11.9 Å². The molecule has 0 saturated carbocycles. The molecular formula is C17H18N3O2S+. The Kier molecular flexibility index (Phi) is 4.02. The lowest BCUT2D eigenvalue weighted by molar-refractivity contribution is -0.630. The van der Waals surface area contributed by atoms with E-state index >= 15 is 0 Å². The second kappa shape index (κ2) is 5.98. The number of hydrogen-bond donors (Lipinski definition) is 2. The SMILES string of the molecule is Cc1ccccc1S(=O)(=O)NNc1ccc2ccccc2[n+]1C. The Labute approximate surface area is 135 Å². The van der Waals surface area contributed by atoms with Crippen LogP contribution in [0, 0.1) is 6.92 Å². The Morgan fingerprint density at radius 3 is 2.39 bits per heavy atom. The van der Waals surface area contributed by atoms with Crippen LogP contribution in [0.5, 0.6) is 0 Å². The van der Waals surface area contributed by atoms with Gasteiger partial charge in [-0.1, -0.05) is 41.2 Å². The van der Waals surface area contributed by atoms with Gasteiger partial charge >= 0.3 is 0 Å². The van der Waals surface area contributed by atoms with E-state index in [1.54, 1.807) is 25.1 Å². The maximum Gasteiger partial charge on any atom is 0.293 e. The van der Waals surface area contributed by atoms with Gasteiger partial charge in [0.2, 0.25) is 0 Å². The van der Waals surface area contributed by atoms with Crippen LogP contribution >= 0.6 is 0 Å². The minimum Gasteiger partial charge on any atom is -0.229 e. The summed E-state index contributed by atoms with van der Waals surface area (Å²) < 4.78 is 26.7. The Morgan fingerprint density at radius 1 is 0.913 bits per heavy atom. The number of rotatable bonds is 4. The highest BCUT2D eigenvalue weighted by molar-refractivity contribution is 7.89. The summed E-state index contributed by atoms with van der Waals surface area (Å²) in [6.07, 6.45) is 0. The highest BCUT2D eigenvalue weighted by atomic mass is 32.2. The van der Waals surface area contributed by atoms with E-state index in [0.717, 1.165) is 10.9 Å². The third-order valence-electron chi connectivity index (χ3n) is 3.78. The second-order valence-corrected chi connectivity index (χ2v) is 6.98. The van der Waals surface area contributed by atoms with Gasteiger partial charge in [-0.3, -0.25) is 0 Å². The first-order valence-electron chi connectivity index (χ1n) is 7.20. The highest BCUT2D eigenvalue weighted by Crippen LogP contribution is 2.15. The molecule has 5 nitrogen and oxygen atoms in total. The van der Waals surface area contributed by atoms with Crippen LogP contribution in [0.3, 0.4) is 0 Å². The first kappa shape index (κ1) is 15.5. The smallest absolute Gasteiger partial charge is 0.229 e. The van der Waals surface area contributed by atoms with E-state index < -0.39 is 10.0 Å². The normalized spacial score (nSPS) is 11.6. The number of aryl methyl sites for hydroxylation is 2. The molecule has 2 aromatic carbocycles. The van der Waals surface area contributed by atoms with Crippen molar-refractivity contribution in [3.05, 3.63) is 66.2 Å². The van der Waals surface area contributed by atoms with Crippen molar-refractivity contribution in [2.45, 2.75) is 11.8 Å². The summed E-state index contributed by atoms with van der Waals surface area (Å²) in [4.78, 5) is 2.70. The van der Waals surface area contributed by atoms with Gasteiger partial charge in [-0.25, -0.2) is 13.0 Å². The van der Waals surface area contributed by atoms with Crippen molar-refractivity contribution in [1.82, 2.24) is 4.83 Å². The molecule has 2 N–H and O–H groups in total. The van der Waals surface area contributed by atoms with E-state index in [0.29, 0.717) is 11.4 Å². The lowest BCUT2D eigenvalue weighted by Gasteiger charge is -2.09. The topological polar surface area (TPSA) is 62.1 Å². The molecule has 0 aliphatic rings. The zero-order valence-corrected chi connectivity index (χ0v) is 13.8. The molecule has 3 aromatic rings. The molecule has 1 aromatic heterocycles. The molecule has 0 bridgehead atoms. The number of nitrogens with one attached hydrogen (secondary N) is 2. The van der Waals surface area contributed by atoms with E-state index in [1.165, 1.54) is 0 Å². The average molecular weight is 328 g/mol. The van der Waals surface area contributed by atoms with E-state index in [1.807, 2.05) is 54.1 Å². The summed E-state index contributed by atoms with van der Waals surface area (Å²) in [6, 6.07) is 18.6. The van der Waals surface area contributed by atoms with Crippen molar-refractivity contribution in [2.75, 3.05) is 5.43 Å². The minimum atomic E-state index is -3.63. The fourth-order valence-corrected chi connectivity index (χ4v) is 3.60. The Hall–Kier alpha value is -2.44. The number of hydrazine groups is 1. The number of pyridine rings is 1. The molecule has 0 amide bonds. The number of benzene rings is 2. The first-order valence-corrected chi connectivity index (χ1v) is 8.68. The zero-order valence-electron chi connectivity index (χ0n) is 12.9. The Bertz CT molecular complexity index is 968. The summed E-state index contributed by atoms with van der Waals surface area (Å²) in [7, 11) is -1.75. The number of sulfonamides is 1. The molecule has 0 unspecified atom stereocenters. The van der Waals surface area contributed by atoms with Crippen LogP contribution in [0.2, 0.25) is 0 Å². The lowest BCUT2D eigenvalue weighted by Crippen LogP contribution is -2.39. The second-order valence-electron chi connectivity index (χ2n) is 5.33. The van der Waals surface area contributed by atoms with Crippen molar-refractivity contribution in [3.63, 3.8) is 0 Å². The summed E-state index contributed by atoms with van der Waals surface area (Å²) in [5.74, 6) is 0.654. The van der Waals surface area contributed by atoms with Gasteiger partial charge < -0.3 is 0 Å². The van der Waals surface area contributed by atoms with Crippen LogP contribution in [0.15, 0.2) is 65.6 Å². The van der Waals surface area contributed by atoms with Gasteiger partial charge in [-0.2, -0.15) is 5.43 Å². The van der Waals surface area contributed by atoms with Crippen LogP contribution in [-0.4, -0.2) is 8.42 Å². The van der Waals surface area contributed by atoms with Gasteiger partial charge in [0.25, 0.3) is 15.8 Å². The molecule has 0 radical (unpaired) electrons. The van der Waals surface area contributed by atoms with E-state index in [2.05, 4.69) is 10.3 Å². The molecule has 0 aliphatic heterocycles. The predicted octanol–water partition coefficient (Wildman–Crippen LogP) is 2.28. The summed E-state index contributed by atoms with van der Waals surface area (Å²) in [5.41, 5.74) is 4.50. The third kappa shape index (κ3) is 3.04. The van der Waals surface area contributed by atoms with Gasteiger partial charge in [-0.15, -0.1) is 0 Å². The summed E-state index contributed by atoms with van der Waals surface area (Å²) in [6.45, 7) is 1.77. The molecule has 0 spiro atoms. The molecule has 118 valence electrons. The summed E-state index contributed by atoms with van der Waals surface area (Å²) >= 11 is 0. The van der Waals surface area contributed by atoms with Gasteiger partial charge in [0.1, 0.15) is 5.52 Å². The highest BCUT2D eigenvalue weighted by Gasteiger charge is 2.19. The number of nitrogens with zero attached hydrogens (tertiary/aromatic N) is 1. The molecule has 6 heteroatoms. The van der Waals surface area contributed by atoms with Crippen LogP contribution in [0.25, 0.3) is 10.9 Å². The zero-order chi connectivity index (χ0) is 16.4. The van der Waals surface area contributed by atoms with Gasteiger partial charge in [0, 0.05) is 11.5 Å². The fraction of sp³-hybridized carbons (Fsp3) is 0.118. The van der Waals surface area contributed by atoms with Crippen molar-refractivity contribution >= 4 is 26.7 Å². The maximum absolute atomic E-state index is 12.4. The van der Waals surface area contributed by atoms with Crippen LogP contribution in [0.4, 0.5) is 5.82 Å². The molecular weight excluding hydrogens is 310 g/mol. The van der Waals surface area contributed by atoms with Crippen molar-refractivity contribution in [3.8, 4) is 0 Å². The van der Waals surface area contributed by atoms with Crippen LogP contribution in [-0.2, 0) is 17.1 Å². The summed E-state index contributed by atoms with van der Waals surface area (Å²) in [5, 5.41) is 1.09.